The molecule has 0 unspecified atom stereocenters. The van der Waals surface area contributed by atoms with Gasteiger partial charge in [-0.15, -0.1) is 0 Å². The molecule has 2 aliphatic rings. The standard InChI is InChI=1S/C18H30N6O2/c1-15-14-16(19-6-9-23-10-12-26-13-11-23)22-18(21-15)20-5-3-8-24-7-2-4-17(24)25/h14H,2-13H2,1H3,(H2,19,20,21,22). The van der Waals surface area contributed by atoms with Gasteiger partial charge >= 0.3 is 0 Å². The quantitative estimate of drug-likeness (QED) is 0.633. The molecule has 1 aromatic heterocycles. The van der Waals surface area contributed by atoms with Crippen LogP contribution in [-0.2, 0) is 9.53 Å². The molecule has 2 saturated heterocycles. The number of morpholine rings is 1. The summed E-state index contributed by atoms with van der Waals surface area (Å²) in [7, 11) is 0. The Balaban J connectivity index is 1.39. The molecule has 0 radical (unpaired) electrons. The number of anilines is 2. The number of hydrogen-bond donors (Lipinski definition) is 2. The molecule has 0 aliphatic carbocycles. The molecule has 1 aromatic rings. The third-order valence-corrected chi connectivity index (χ3v) is 4.75. The van der Waals surface area contributed by atoms with Crippen LogP contribution in [0, 0.1) is 6.92 Å². The van der Waals surface area contributed by atoms with E-state index in [1.165, 1.54) is 0 Å². The van der Waals surface area contributed by atoms with Crippen molar-refractivity contribution in [3.63, 3.8) is 0 Å². The fourth-order valence-corrected chi connectivity index (χ4v) is 3.32. The predicted octanol–water partition coefficient (Wildman–Crippen LogP) is 0.954. The second-order valence-corrected chi connectivity index (χ2v) is 6.86. The molecule has 0 saturated carbocycles. The molecule has 3 rings (SSSR count). The fourth-order valence-electron chi connectivity index (χ4n) is 3.32. The highest BCUT2D eigenvalue weighted by Gasteiger charge is 2.18. The summed E-state index contributed by atoms with van der Waals surface area (Å²) in [6.45, 7) is 9.93. The van der Waals surface area contributed by atoms with Crippen LogP contribution in [0.5, 0.6) is 0 Å². The zero-order chi connectivity index (χ0) is 18.2. The number of rotatable bonds is 9. The second-order valence-electron chi connectivity index (χ2n) is 6.86. The van der Waals surface area contributed by atoms with Gasteiger partial charge in [0.25, 0.3) is 0 Å². The first-order valence-electron chi connectivity index (χ1n) is 9.62. The molecule has 0 spiro atoms. The van der Waals surface area contributed by atoms with Gasteiger partial charge in [-0.3, -0.25) is 9.69 Å². The normalized spacial score (nSPS) is 18.3. The Labute approximate surface area is 155 Å². The summed E-state index contributed by atoms with van der Waals surface area (Å²) < 4.78 is 5.37. The van der Waals surface area contributed by atoms with Crippen molar-refractivity contribution in [2.45, 2.75) is 26.2 Å². The number of nitrogens with one attached hydrogen (secondary N) is 2. The zero-order valence-corrected chi connectivity index (χ0v) is 15.7. The van der Waals surface area contributed by atoms with Gasteiger partial charge in [-0.2, -0.15) is 4.98 Å². The summed E-state index contributed by atoms with van der Waals surface area (Å²) in [5.41, 5.74) is 0.936. The number of carbonyl (C=O) groups is 1. The van der Waals surface area contributed by atoms with E-state index in [2.05, 4.69) is 25.5 Å². The van der Waals surface area contributed by atoms with Crippen molar-refractivity contribution in [3.05, 3.63) is 11.8 Å². The lowest BCUT2D eigenvalue weighted by Crippen LogP contribution is -2.39. The predicted molar refractivity (Wildman–Crippen MR) is 101 cm³/mol. The molecule has 1 amide bonds. The summed E-state index contributed by atoms with van der Waals surface area (Å²) >= 11 is 0. The van der Waals surface area contributed by atoms with E-state index in [0.29, 0.717) is 12.4 Å². The Morgan fingerprint density at radius 3 is 2.73 bits per heavy atom. The number of aryl methyl sites for hydroxylation is 1. The summed E-state index contributed by atoms with van der Waals surface area (Å²) in [5.74, 6) is 1.78. The van der Waals surface area contributed by atoms with E-state index in [1.54, 1.807) is 0 Å². The fraction of sp³-hybridized carbons (Fsp3) is 0.722. The minimum atomic E-state index is 0.281. The van der Waals surface area contributed by atoms with Crippen LogP contribution in [0.3, 0.4) is 0 Å². The van der Waals surface area contributed by atoms with Crippen molar-refractivity contribution >= 4 is 17.7 Å². The van der Waals surface area contributed by atoms with Gasteiger partial charge in [0.05, 0.1) is 13.2 Å². The zero-order valence-electron chi connectivity index (χ0n) is 15.7. The summed E-state index contributed by atoms with van der Waals surface area (Å²) in [4.78, 5) is 24.9. The molecular formula is C18H30N6O2. The van der Waals surface area contributed by atoms with Crippen LogP contribution in [0.25, 0.3) is 0 Å². The smallest absolute Gasteiger partial charge is 0.224 e. The number of nitrogens with zero attached hydrogens (tertiary/aromatic N) is 4. The molecule has 0 bridgehead atoms. The van der Waals surface area contributed by atoms with E-state index in [4.69, 9.17) is 4.74 Å². The Morgan fingerprint density at radius 1 is 1.12 bits per heavy atom. The highest BCUT2D eigenvalue weighted by Crippen LogP contribution is 2.11. The van der Waals surface area contributed by atoms with Gasteiger partial charge in [0, 0.05) is 64.0 Å². The number of likely N-dealkylation sites (tertiary alicyclic amines) is 1. The van der Waals surface area contributed by atoms with Crippen molar-refractivity contribution in [1.29, 1.82) is 0 Å². The molecule has 2 N–H and O–H groups in total. The number of aromatic nitrogens is 2. The van der Waals surface area contributed by atoms with Crippen molar-refractivity contribution in [2.75, 3.05) is 69.7 Å². The molecule has 8 heteroatoms. The largest absolute Gasteiger partial charge is 0.379 e. The molecule has 26 heavy (non-hydrogen) atoms. The van der Waals surface area contributed by atoms with Crippen molar-refractivity contribution < 1.29 is 9.53 Å². The highest BCUT2D eigenvalue weighted by molar-refractivity contribution is 5.78. The number of amides is 1. The lowest BCUT2D eigenvalue weighted by molar-refractivity contribution is -0.127. The van der Waals surface area contributed by atoms with Gasteiger partial charge in [-0.1, -0.05) is 0 Å². The van der Waals surface area contributed by atoms with Gasteiger partial charge in [-0.05, 0) is 19.8 Å². The first-order valence-corrected chi connectivity index (χ1v) is 9.62. The minimum absolute atomic E-state index is 0.281. The number of ether oxygens (including phenoxy) is 1. The summed E-state index contributed by atoms with van der Waals surface area (Å²) in [5, 5.41) is 6.66. The van der Waals surface area contributed by atoms with Gasteiger partial charge in [-0.25, -0.2) is 4.98 Å². The maximum absolute atomic E-state index is 11.6. The SMILES string of the molecule is Cc1cc(NCCN2CCOCC2)nc(NCCCN2CCCC2=O)n1. The molecule has 0 aromatic carbocycles. The van der Waals surface area contributed by atoms with Crippen LogP contribution < -0.4 is 10.6 Å². The van der Waals surface area contributed by atoms with Crippen LogP contribution in [0.4, 0.5) is 11.8 Å². The van der Waals surface area contributed by atoms with Gasteiger partial charge in [0.1, 0.15) is 5.82 Å². The average molecular weight is 362 g/mol. The lowest BCUT2D eigenvalue weighted by atomic mass is 10.4. The monoisotopic (exact) mass is 362 g/mol. The Morgan fingerprint density at radius 2 is 1.96 bits per heavy atom. The number of hydrogen-bond acceptors (Lipinski definition) is 7. The minimum Gasteiger partial charge on any atom is -0.379 e. The average Bonchev–Trinajstić information content (AvgIpc) is 3.04. The molecule has 0 atom stereocenters. The summed E-state index contributed by atoms with van der Waals surface area (Å²) in [6.07, 6.45) is 2.60. The molecule has 2 fully saturated rings. The maximum atomic E-state index is 11.6. The van der Waals surface area contributed by atoms with Crippen LogP contribution in [0.15, 0.2) is 6.07 Å². The van der Waals surface area contributed by atoms with Gasteiger partial charge in [0.15, 0.2) is 0 Å². The molecule has 3 heterocycles. The van der Waals surface area contributed by atoms with Crippen LogP contribution in [-0.4, -0.2) is 84.7 Å². The first-order chi connectivity index (χ1) is 12.7. The topological polar surface area (TPSA) is 82.6 Å². The molecule has 2 aliphatic heterocycles. The second kappa shape index (κ2) is 9.68. The lowest BCUT2D eigenvalue weighted by Gasteiger charge is -2.26. The summed E-state index contributed by atoms with van der Waals surface area (Å²) in [6, 6.07) is 1.97. The third kappa shape index (κ3) is 5.81. The molecule has 144 valence electrons. The number of carbonyl (C=O) groups excluding carboxylic acids is 1. The van der Waals surface area contributed by atoms with Crippen LogP contribution in [0.2, 0.25) is 0 Å². The molecule has 8 nitrogen and oxygen atoms in total. The van der Waals surface area contributed by atoms with Crippen molar-refractivity contribution in [3.8, 4) is 0 Å². The van der Waals surface area contributed by atoms with E-state index < -0.39 is 0 Å². The van der Waals surface area contributed by atoms with Gasteiger partial charge < -0.3 is 20.3 Å². The Bertz CT molecular complexity index is 591. The van der Waals surface area contributed by atoms with E-state index in [0.717, 1.165) is 83.4 Å². The highest BCUT2D eigenvalue weighted by atomic mass is 16.5. The van der Waals surface area contributed by atoms with E-state index in [1.807, 2.05) is 17.9 Å². The maximum Gasteiger partial charge on any atom is 0.224 e. The van der Waals surface area contributed by atoms with E-state index in [9.17, 15) is 4.79 Å². The van der Waals surface area contributed by atoms with Crippen molar-refractivity contribution in [2.24, 2.45) is 0 Å². The Hall–Kier alpha value is -1.93. The Kier molecular flexibility index (Phi) is 7.02. The van der Waals surface area contributed by atoms with E-state index >= 15 is 0 Å². The van der Waals surface area contributed by atoms with Crippen molar-refractivity contribution in [1.82, 2.24) is 19.8 Å². The van der Waals surface area contributed by atoms with E-state index in [-0.39, 0.29) is 5.91 Å². The van der Waals surface area contributed by atoms with Crippen LogP contribution in [0.1, 0.15) is 25.0 Å². The third-order valence-electron chi connectivity index (χ3n) is 4.75. The van der Waals surface area contributed by atoms with Crippen LogP contribution >= 0.6 is 0 Å². The molecular weight excluding hydrogens is 332 g/mol. The first kappa shape index (κ1) is 18.8. The van der Waals surface area contributed by atoms with Gasteiger partial charge in [0.2, 0.25) is 11.9 Å².